The molecular formula is C13H21N3S. The zero-order chi connectivity index (χ0) is 11.9. The van der Waals surface area contributed by atoms with E-state index >= 15 is 0 Å². The second-order valence-electron chi connectivity index (χ2n) is 4.43. The maximum Gasteiger partial charge on any atom is 0.0315 e. The minimum Gasteiger partial charge on any atom is -0.311 e. The first-order valence-corrected chi connectivity index (χ1v) is 7.42. The van der Waals surface area contributed by atoms with Gasteiger partial charge in [-0.15, -0.1) is 0 Å². The number of pyridine rings is 1. The fourth-order valence-corrected chi connectivity index (χ4v) is 2.95. The fraction of sp³-hybridized carbons (Fsp3) is 0.615. The first kappa shape index (κ1) is 12.9. The topological polar surface area (TPSA) is 28.2 Å². The van der Waals surface area contributed by atoms with Crippen molar-refractivity contribution in [2.45, 2.75) is 13.5 Å². The molecule has 1 aromatic rings. The van der Waals surface area contributed by atoms with Gasteiger partial charge in [-0.1, -0.05) is 0 Å². The molecule has 94 valence electrons. The van der Waals surface area contributed by atoms with Crippen molar-refractivity contribution in [3.63, 3.8) is 0 Å². The van der Waals surface area contributed by atoms with Crippen molar-refractivity contribution in [2.24, 2.45) is 0 Å². The summed E-state index contributed by atoms with van der Waals surface area (Å²) in [7, 11) is 0. The second-order valence-corrected chi connectivity index (χ2v) is 5.66. The summed E-state index contributed by atoms with van der Waals surface area (Å²) in [4.78, 5) is 6.70. The number of nitrogens with zero attached hydrogens (tertiary/aromatic N) is 2. The van der Waals surface area contributed by atoms with Gasteiger partial charge in [-0.05, 0) is 24.1 Å². The van der Waals surface area contributed by atoms with Crippen molar-refractivity contribution in [1.82, 2.24) is 15.2 Å². The van der Waals surface area contributed by atoms with E-state index in [0.29, 0.717) is 0 Å². The van der Waals surface area contributed by atoms with Crippen LogP contribution in [0.1, 0.15) is 11.1 Å². The van der Waals surface area contributed by atoms with Crippen LogP contribution in [-0.2, 0) is 6.54 Å². The van der Waals surface area contributed by atoms with Gasteiger partial charge in [0.15, 0.2) is 0 Å². The minimum atomic E-state index is 0.933. The van der Waals surface area contributed by atoms with E-state index in [1.54, 1.807) is 0 Å². The molecule has 0 amide bonds. The molecule has 0 aromatic carbocycles. The van der Waals surface area contributed by atoms with Crippen molar-refractivity contribution in [3.8, 4) is 0 Å². The molecule has 0 unspecified atom stereocenters. The molecule has 17 heavy (non-hydrogen) atoms. The van der Waals surface area contributed by atoms with Crippen molar-refractivity contribution in [3.05, 3.63) is 29.6 Å². The zero-order valence-corrected chi connectivity index (χ0v) is 11.3. The molecule has 1 N–H and O–H groups in total. The molecule has 0 bridgehead atoms. The van der Waals surface area contributed by atoms with E-state index < -0.39 is 0 Å². The van der Waals surface area contributed by atoms with Gasteiger partial charge in [-0.2, -0.15) is 11.8 Å². The lowest BCUT2D eigenvalue weighted by atomic mass is 10.1. The van der Waals surface area contributed by atoms with Crippen LogP contribution in [0.5, 0.6) is 0 Å². The Kier molecular flexibility index (Phi) is 5.29. The van der Waals surface area contributed by atoms with Crippen LogP contribution in [-0.4, -0.2) is 47.6 Å². The summed E-state index contributed by atoms with van der Waals surface area (Å²) < 4.78 is 0. The third kappa shape index (κ3) is 4.30. The van der Waals surface area contributed by atoms with Crippen molar-refractivity contribution in [1.29, 1.82) is 0 Å². The average molecular weight is 251 g/mol. The van der Waals surface area contributed by atoms with E-state index in [1.165, 1.54) is 42.3 Å². The van der Waals surface area contributed by atoms with Crippen LogP contribution in [0, 0.1) is 6.92 Å². The van der Waals surface area contributed by atoms with Gasteiger partial charge in [0.05, 0.1) is 0 Å². The molecule has 1 aromatic heterocycles. The van der Waals surface area contributed by atoms with Gasteiger partial charge in [0, 0.05) is 56.6 Å². The predicted octanol–water partition coefficient (Wildman–Crippen LogP) is 1.53. The molecule has 1 fully saturated rings. The summed E-state index contributed by atoms with van der Waals surface area (Å²) in [5.74, 6) is 2.59. The molecule has 0 radical (unpaired) electrons. The lowest BCUT2D eigenvalue weighted by Gasteiger charge is -2.26. The molecule has 0 saturated carbocycles. The van der Waals surface area contributed by atoms with Gasteiger partial charge < -0.3 is 10.2 Å². The number of hydrogen-bond donors (Lipinski definition) is 1. The maximum absolute atomic E-state index is 4.16. The highest BCUT2D eigenvalue weighted by atomic mass is 32.2. The van der Waals surface area contributed by atoms with Crippen LogP contribution in [0.3, 0.4) is 0 Å². The van der Waals surface area contributed by atoms with Gasteiger partial charge in [-0.25, -0.2) is 0 Å². The zero-order valence-electron chi connectivity index (χ0n) is 10.5. The van der Waals surface area contributed by atoms with E-state index in [4.69, 9.17) is 0 Å². The normalized spacial score (nSPS) is 17.2. The quantitative estimate of drug-likeness (QED) is 0.803. The minimum absolute atomic E-state index is 0.933. The number of hydrogen-bond acceptors (Lipinski definition) is 4. The third-order valence-electron chi connectivity index (χ3n) is 3.17. The molecule has 3 nitrogen and oxygen atoms in total. The molecule has 1 saturated heterocycles. The predicted molar refractivity (Wildman–Crippen MR) is 74.4 cm³/mol. The van der Waals surface area contributed by atoms with Crippen LogP contribution in [0.25, 0.3) is 0 Å². The Bertz CT molecular complexity index is 337. The van der Waals surface area contributed by atoms with Crippen LogP contribution >= 0.6 is 11.8 Å². The Morgan fingerprint density at radius 2 is 2.24 bits per heavy atom. The van der Waals surface area contributed by atoms with Gasteiger partial charge in [0.1, 0.15) is 0 Å². The van der Waals surface area contributed by atoms with E-state index in [1.807, 2.05) is 12.4 Å². The fourth-order valence-electron chi connectivity index (χ4n) is 1.97. The van der Waals surface area contributed by atoms with E-state index in [-0.39, 0.29) is 0 Å². The van der Waals surface area contributed by atoms with Crippen molar-refractivity contribution in [2.75, 3.05) is 37.7 Å². The van der Waals surface area contributed by atoms with Crippen molar-refractivity contribution >= 4 is 11.8 Å². The molecule has 4 heteroatoms. The second kappa shape index (κ2) is 6.99. The summed E-state index contributed by atoms with van der Waals surface area (Å²) in [5, 5.41) is 3.50. The number of thioether (sulfide) groups is 1. The summed E-state index contributed by atoms with van der Waals surface area (Å²) in [6.07, 6.45) is 3.81. The Balaban J connectivity index is 1.64. The van der Waals surface area contributed by atoms with Gasteiger partial charge in [0.2, 0.25) is 0 Å². The lowest BCUT2D eigenvalue weighted by Crippen LogP contribution is -2.37. The Labute approximate surface area is 108 Å². The molecule has 2 rings (SSSR count). The van der Waals surface area contributed by atoms with Crippen molar-refractivity contribution < 1.29 is 0 Å². The standard InChI is InChI=1S/C13H21N3S/c1-12-2-3-14-10-13(12)11-15-4-5-16-6-8-17-9-7-16/h2-3,10,15H,4-9,11H2,1H3. The Morgan fingerprint density at radius 3 is 3.00 bits per heavy atom. The molecular weight excluding hydrogens is 230 g/mol. The molecule has 2 heterocycles. The largest absolute Gasteiger partial charge is 0.311 e. The Hall–Kier alpha value is -0.580. The molecule has 0 aliphatic carbocycles. The first-order valence-electron chi connectivity index (χ1n) is 6.26. The van der Waals surface area contributed by atoms with Crippen LogP contribution in [0.15, 0.2) is 18.5 Å². The van der Waals surface area contributed by atoms with Gasteiger partial charge >= 0.3 is 0 Å². The van der Waals surface area contributed by atoms with Crippen LogP contribution in [0.2, 0.25) is 0 Å². The lowest BCUT2D eigenvalue weighted by molar-refractivity contribution is 0.301. The van der Waals surface area contributed by atoms with E-state index in [2.05, 4.69) is 40.0 Å². The summed E-state index contributed by atoms with van der Waals surface area (Å²) in [5.41, 5.74) is 2.63. The van der Waals surface area contributed by atoms with E-state index in [0.717, 1.165) is 13.1 Å². The van der Waals surface area contributed by atoms with Crippen LogP contribution < -0.4 is 5.32 Å². The first-order chi connectivity index (χ1) is 8.36. The molecule has 1 aliphatic heterocycles. The highest BCUT2D eigenvalue weighted by Crippen LogP contribution is 2.08. The number of aromatic nitrogens is 1. The van der Waals surface area contributed by atoms with Gasteiger partial charge in [-0.3, -0.25) is 4.98 Å². The summed E-state index contributed by atoms with van der Waals surface area (Å²) in [6, 6.07) is 2.07. The monoisotopic (exact) mass is 251 g/mol. The average Bonchev–Trinajstić information content (AvgIpc) is 2.38. The van der Waals surface area contributed by atoms with Crippen LogP contribution in [0.4, 0.5) is 0 Å². The maximum atomic E-state index is 4.16. The smallest absolute Gasteiger partial charge is 0.0315 e. The third-order valence-corrected chi connectivity index (χ3v) is 4.11. The summed E-state index contributed by atoms with van der Waals surface area (Å²) in [6.45, 7) is 7.80. The molecule has 0 spiro atoms. The molecule has 0 atom stereocenters. The number of rotatable bonds is 5. The SMILES string of the molecule is Cc1ccncc1CNCCN1CCSCC1. The molecule has 1 aliphatic rings. The van der Waals surface area contributed by atoms with Gasteiger partial charge in [0.25, 0.3) is 0 Å². The number of aryl methyl sites for hydroxylation is 1. The Morgan fingerprint density at radius 1 is 1.41 bits per heavy atom. The highest BCUT2D eigenvalue weighted by Gasteiger charge is 2.08. The number of nitrogens with one attached hydrogen (secondary N) is 1. The highest BCUT2D eigenvalue weighted by molar-refractivity contribution is 7.99. The van der Waals surface area contributed by atoms with E-state index in [9.17, 15) is 0 Å². The summed E-state index contributed by atoms with van der Waals surface area (Å²) >= 11 is 2.07.